The van der Waals surface area contributed by atoms with Crippen LogP contribution in [0.3, 0.4) is 0 Å². The second-order valence-corrected chi connectivity index (χ2v) is 5.70. The molecule has 2 aromatic carbocycles. The van der Waals surface area contributed by atoms with Crippen molar-refractivity contribution < 1.29 is 9.59 Å². The number of halogens is 2. The summed E-state index contributed by atoms with van der Waals surface area (Å²) in [5, 5.41) is 6.08. The minimum absolute atomic E-state index is 0.292. The van der Waals surface area contributed by atoms with Crippen molar-refractivity contribution in [1.29, 1.82) is 0 Å². The predicted molar refractivity (Wildman–Crippen MR) is 90.9 cm³/mol. The van der Waals surface area contributed by atoms with Gasteiger partial charge in [0.2, 0.25) is 0 Å². The lowest BCUT2D eigenvalue weighted by molar-refractivity contribution is -0.116. The molecular weight excluding hydrogens is 337 g/mol. The summed E-state index contributed by atoms with van der Waals surface area (Å²) in [6, 6.07) is 10.7. The first-order valence-corrected chi connectivity index (χ1v) is 7.50. The largest absolute Gasteiger partial charge is 0.336 e. The Kier molecular flexibility index (Phi) is 4.32. The van der Waals surface area contributed by atoms with Crippen molar-refractivity contribution in [2.75, 3.05) is 5.32 Å². The van der Waals surface area contributed by atoms with Crippen LogP contribution >= 0.6 is 23.2 Å². The second kappa shape index (κ2) is 6.40. The molecule has 1 heterocycles. The van der Waals surface area contributed by atoms with Crippen LogP contribution in [0.25, 0.3) is 0 Å². The van der Waals surface area contributed by atoms with Crippen molar-refractivity contribution >= 4 is 52.6 Å². The van der Waals surface area contributed by atoms with Gasteiger partial charge in [-0.3, -0.25) is 14.6 Å². The van der Waals surface area contributed by atoms with E-state index in [0.717, 1.165) is 0 Å². The third-order valence-electron chi connectivity index (χ3n) is 3.27. The fourth-order valence-corrected chi connectivity index (χ4v) is 2.51. The van der Waals surface area contributed by atoms with Gasteiger partial charge in [-0.25, -0.2) is 0 Å². The summed E-state index contributed by atoms with van der Waals surface area (Å²) in [6.07, 6.45) is 1.38. The number of anilines is 1. The molecule has 1 aliphatic heterocycles. The topological polar surface area (TPSA) is 70.6 Å². The van der Waals surface area contributed by atoms with Gasteiger partial charge in [-0.05, 0) is 30.3 Å². The number of benzene rings is 2. The molecule has 2 aromatic rings. The van der Waals surface area contributed by atoms with E-state index in [1.807, 2.05) is 0 Å². The molecule has 2 N–H and O–H groups in total. The number of fused-ring (bicyclic) bond motifs is 1. The zero-order chi connectivity index (χ0) is 16.4. The van der Waals surface area contributed by atoms with E-state index in [1.54, 1.807) is 42.5 Å². The van der Waals surface area contributed by atoms with E-state index in [2.05, 4.69) is 15.6 Å². The molecular formula is C16H11Cl2N3O2. The molecule has 0 fully saturated rings. The Balaban J connectivity index is 1.81. The number of rotatable bonds is 2. The highest BCUT2D eigenvalue weighted by molar-refractivity contribution is 6.34. The Hall–Kier alpha value is -2.37. The second-order valence-electron chi connectivity index (χ2n) is 4.86. The minimum Gasteiger partial charge on any atom is -0.336 e. The first kappa shape index (κ1) is 15.5. The van der Waals surface area contributed by atoms with Crippen LogP contribution in [0.4, 0.5) is 11.4 Å². The van der Waals surface area contributed by atoms with E-state index >= 15 is 0 Å². The number of hydrogen-bond acceptors (Lipinski definition) is 3. The molecule has 5 nitrogen and oxygen atoms in total. The summed E-state index contributed by atoms with van der Waals surface area (Å²) in [5.41, 5.74) is 1.35. The summed E-state index contributed by atoms with van der Waals surface area (Å²) in [6.45, 7) is 0. The van der Waals surface area contributed by atoms with E-state index < -0.39 is 17.9 Å². The molecule has 23 heavy (non-hydrogen) atoms. The molecule has 0 radical (unpaired) electrons. The minimum atomic E-state index is -0.912. The number of carbonyl (C=O) groups excluding carboxylic acids is 2. The van der Waals surface area contributed by atoms with Crippen molar-refractivity contribution in [3.8, 4) is 0 Å². The van der Waals surface area contributed by atoms with E-state index in [-0.39, 0.29) is 0 Å². The Morgan fingerprint density at radius 3 is 2.74 bits per heavy atom. The van der Waals surface area contributed by atoms with Gasteiger partial charge in [-0.1, -0.05) is 35.3 Å². The summed E-state index contributed by atoms with van der Waals surface area (Å²) in [7, 11) is 0. The van der Waals surface area contributed by atoms with Crippen molar-refractivity contribution in [1.82, 2.24) is 5.32 Å². The number of carbonyl (C=O) groups is 2. The fraction of sp³-hybridized carbons (Fsp3) is 0.0625. The summed E-state index contributed by atoms with van der Waals surface area (Å²) >= 11 is 11.9. The van der Waals surface area contributed by atoms with Crippen LogP contribution in [0.2, 0.25) is 10.0 Å². The highest BCUT2D eigenvalue weighted by atomic mass is 35.5. The molecule has 7 heteroatoms. The highest BCUT2D eigenvalue weighted by Crippen LogP contribution is 2.29. The third kappa shape index (κ3) is 3.36. The van der Waals surface area contributed by atoms with Crippen LogP contribution in [0.1, 0.15) is 10.4 Å². The Morgan fingerprint density at radius 1 is 1.17 bits per heavy atom. The lowest BCUT2D eigenvalue weighted by Gasteiger charge is -2.13. The molecule has 0 bridgehead atoms. The number of aliphatic imine (C=N–C) groups is 1. The van der Waals surface area contributed by atoms with Gasteiger partial charge in [-0.2, -0.15) is 0 Å². The number of amides is 2. The molecule has 0 aliphatic carbocycles. The fourth-order valence-electron chi connectivity index (χ4n) is 2.12. The number of hydrogen-bond donors (Lipinski definition) is 2. The number of nitrogens with one attached hydrogen (secondary N) is 2. The van der Waals surface area contributed by atoms with Gasteiger partial charge < -0.3 is 10.6 Å². The average Bonchev–Trinajstić information content (AvgIpc) is 2.66. The monoisotopic (exact) mass is 347 g/mol. The first-order valence-electron chi connectivity index (χ1n) is 6.74. The van der Waals surface area contributed by atoms with Crippen molar-refractivity contribution in [2.45, 2.75) is 6.04 Å². The maximum absolute atomic E-state index is 12.3. The molecule has 1 aliphatic rings. The van der Waals surface area contributed by atoms with E-state index in [4.69, 9.17) is 23.2 Å². The van der Waals surface area contributed by atoms with Crippen molar-refractivity contribution in [3.05, 3.63) is 58.1 Å². The quantitative estimate of drug-likeness (QED) is 0.873. The normalized spacial score (nSPS) is 16.3. The smallest absolute Gasteiger partial charge is 0.253 e. The van der Waals surface area contributed by atoms with Gasteiger partial charge >= 0.3 is 0 Å². The SMILES string of the molecule is O=C(N[C@@H]1C=Nc2ccc(Cl)cc2NC1=O)c1ccccc1Cl. The van der Waals surface area contributed by atoms with E-state index in [1.165, 1.54) is 6.21 Å². The lowest BCUT2D eigenvalue weighted by Crippen LogP contribution is -2.44. The van der Waals surface area contributed by atoms with Crippen LogP contribution in [-0.2, 0) is 4.79 Å². The zero-order valence-electron chi connectivity index (χ0n) is 11.7. The molecule has 1 atom stereocenters. The summed E-state index contributed by atoms with van der Waals surface area (Å²) < 4.78 is 0. The number of nitrogens with zero attached hydrogens (tertiary/aromatic N) is 1. The molecule has 0 unspecified atom stereocenters. The summed E-state index contributed by atoms with van der Waals surface area (Å²) in [5.74, 6) is -0.860. The van der Waals surface area contributed by atoms with E-state index in [9.17, 15) is 9.59 Å². The van der Waals surface area contributed by atoms with Gasteiger partial charge in [0, 0.05) is 11.2 Å². The van der Waals surface area contributed by atoms with Gasteiger partial charge in [0.1, 0.15) is 6.04 Å². The van der Waals surface area contributed by atoms with Crippen molar-refractivity contribution in [3.63, 3.8) is 0 Å². The maximum atomic E-state index is 12.3. The molecule has 0 aromatic heterocycles. The predicted octanol–water partition coefficient (Wildman–Crippen LogP) is 3.45. The zero-order valence-corrected chi connectivity index (χ0v) is 13.2. The Bertz CT molecular complexity index is 821. The van der Waals surface area contributed by atoms with Gasteiger partial charge in [0.05, 0.1) is 22.0 Å². The lowest BCUT2D eigenvalue weighted by atomic mass is 10.2. The van der Waals surface area contributed by atoms with Crippen LogP contribution in [0, 0.1) is 0 Å². The van der Waals surface area contributed by atoms with Gasteiger partial charge in [0.15, 0.2) is 0 Å². The highest BCUT2D eigenvalue weighted by Gasteiger charge is 2.23. The van der Waals surface area contributed by atoms with Gasteiger partial charge in [-0.15, -0.1) is 0 Å². The Labute approximate surface area is 142 Å². The molecule has 116 valence electrons. The van der Waals surface area contributed by atoms with Crippen LogP contribution in [-0.4, -0.2) is 24.1 Å². The van der Waals surface area contributed by atoms with Crippen LogP contribution in [0.15, 0.2) is 47.5 Å². The molecule has 0 saturated carbocycles. The maximum Gasteiger partial charge on any atom is 0.253 e. The average molecular weight is 348 g/mol. The molecule has 3 rings (SSSR count). The molecule has 0 saturated heterocycles. The standard InChI is InChI=1S/C16H11Cl2N3O2/c17-9-5-6-12-13(7-9)20-16(23)14(8-19-12)21-15(22)10-3-1-2-4-11(10)18/h1-8,14H,(H,20,23)(H,21,22)/t14-/m1/s1. The Morgan fingerprint density at radius 2 is 1.96 bits per heavy atom. The van der Waals surface area contributed by atoms with Gasteiger partial charge in [0.25, 0.3) is 11.8 Å². The molecule has 0 spiro atoms. The summed E-state index contributed by atoms with van der Waals surface area (Å²) in [4.78, 5) is 28.7. The molecule has 2 amide bonds. The van der Waals surface area contributed by atoms with Crippen molar-refractivity contribution in [2.24, 2.45) is 4.99 Å². The van der Waals surface area contributed by atoms with Crippen LogP contribution in [0.5, 0.6) is 0 Å². The van der Waals surface area contributed by atoms with E-state index in [0.29, 0.717) is 27.0 Å². The van der Waals surface area contributed by atoms with Crippen LogP contribution < -0.4 is 10.6 Å². The third-order valence-corrected chi connectivity index (χ3v) is 3.83. The first-order chi connectivity index (χ1) is 11.0.